The van der Waals surface area contributed by atoms with Gasteiger partial charge in [-0.25, -0.2) is 4.68 Å². The van der Waals surface area contributed by atoms with E-state index in [4.69, 9.17) is 16.3 Å². The van der Waals surface area contributed by atoms with Crippen LogP contribution in [-0.4, -0.2) is 27.4 Å². The fourth-order valence-electron chi connectivity index (χ4n) is 2.95. The maximum atomic E-state index is 13.1. The molecule has 0 radical (unpaired) electrons. The standard InChI is InChI=1S/C21H17ClN4O2/c1-28-19-10-9-15(22)13-18(19)24-20(27)17-14-23-26(16-7-3-2-4-8-16)21(17)25-11-5-6-12-25/h2-14H,1H3,(H,24,27). The van der Waals surface area contributed by atoms with Crippen LogP contribution < -0.4 is 10.1 Å². The number of hydrogen-bond donors (Lipinski definition) is 1. The minimum absolute atomic E-state index is 0.313. The zero-order chi connectivity index (χ0) is 19.5. The quantitative estimate of drug-likeness (QED) is 0.541. The first-order valence-electron chi connectivity index (χ1n) is 8.59. The second kappa shape index (κ2) is 7.62. The fourth-order valence-corrected chi connectivity index (χ4v) is 3.12. The molecular weight excluding hydrogens is 376 g/mol. The summed E-state index contributed by atoms with van der Waals surface area (Å²) in [6, 6.07) is 18.5. The summed E-state index contributed by atoms with van der Waals surface area (Å²) in [5.74, 6) is 0.844. The molecule has 140 valence electrons. The minimum Gasteiger partial charge on any atom is -0.495 e. The molecule has 4 rings (SSSR count). The molecule has 2 aromatic heterocycles. The Morgan fingerprint density at radius 3 is 2.54 bits per heavy atom. The molecule has 0 saturated carbocycles. The third-order valence-electron chi connectivity index (χ3n) is 4.25. The molecule has 1 N–H and O–H groups in total. The van der Waals surface area contributed by atoms with E-state index in [0.717, 1.165) is 5.69 Å². The SMILES string of the molecule is COc1ccc(Cl)cc1NC(=O)c1cnn(-c2ccccc2)c1-n1cccc1. The van der Waals surface area contributed by atoms with Gasteiger partial charge in [0.1, 0.15) is 11.3 Å². The molecule has 2 aromatic carbocycles. The Morgan fingerprint density at radius 1 is 1.07 bits per heavy atom. The molecule has 0 spiro atoms. The molecule has 2 heterocycles. The van der Waals surface area contributed by atoms with E-state index in [0.29, 0.717) is 27.8 Å². The number of carbonyl (C=O) groups is 1. The Bertz CT molecular complexity index is 1100. The van der Waals surface area contributed by atoms with Crippen LogP contribution in [-0.2, 0) is 0 Å². The number of ether oxygens (including phenoxy) is 1. The van der Waals surface area contributed by atoms with Crippen LogP contribution in [0.5, 0.6) is 5.75 Å². The van der Waals surface area contributed by atoms with E-state index in [1.54, 1.807) is 29.1 Å². The van der Waals surface area contributed by atoms with Gasteiger partial charge < -0.3 is 14.6 Å². The average molecular weight is 393 g/mol. The second-order valence-corrected chi connectivity index (χ2v) is 6.45. The number of para-hydroxylation sites is 1. The number of carbonyl (C=O) groups excluding carboxylic acids is 1. The number of nitrogens with one attached hydrogen (secondary N) is 1. The highest BCUT2D eigenvalue weighted by molar-refractivity contribution is 6.31. The zero-order valence-electron chi connectivity index (χ0n) is 15.0. The van der Waals surface area contributed by atoms with Crippen molar-refractivity contribution in [3.8, 4) is 17.3 Å². The number of amides is 1. The van der Waals surface area contributed by atoms with E-state index >= 15 is 0 Å². The summed E-state index contributed by atoms with van der Waals surface area (Å²) in [4.78, 5) is 13.1. The van der Waals surface area contributed by atoms with Crippen LogP contribution in [0.1, 0.15) is 10.4 Å². The summed E-state index contributed by atoms with van der Waals surface area (Å²) < 4.78 is 8.89. The molecule has 0 fully saturated rings. The van der Waals surface area contributed by atoms with Gasteiger partial charge in [0.2, 0.25) is 0 Å². The van der Waals surface area contributed by atoms with Crippen molar-refractivity contribution in [3.63, 3.8) is 0 Å². The van der Waals surface area contributed by atoms with Crippen molar-refractivity contribution in [3.05, 3.63) is 89.8 Å². The minimum atomic E-state index is -0.313. The smallest absolute Gasteiger partial charge is 0.261 e. The normalized spacial score (nSPS) is 10.6. The lowest BCUT2D eigenvalue weighted by atomic mass is 10.2. The number of methoxy groups -OCH3 is 1. The van der Waals surface area contributed by atoms with Crippen LogP contribution in [0.4, 0.5) is 5.69 Å². The molecule has 1 amide bonds. The Labute approximate surface area is 166 Å². The lowest BCUT2D eigenvalue weighted by molar-refractivity contribution is 0.102. The van der Waals surface area contributed by atoms with Crippen molar-refractivity contribution in [1.29, 1.82) is 0 Å². The first kappa shape index (κ1) is 17.9. The largest absolute Gasteiger partial charge is 0.495 e. The number of halogens is 1. The summed E-state index contributed by atoms with van der Waals surface area (Å²) in [6.45, 7) is 0. The Hall–Kier alpha value is -3.51. The van der Waals surface area contributed by atoms with Gasteiger partial charge in [0.15, 0.2) is 5.82 Å². The van der Waals surface area contributed by atoms with Crippen molar-refractivity contribution >= 4 is 23.2 Å². The third kappa shape index (κ3) is 3.37. The van der Waals surface area contributed by atoms with Crippen molar-refractivity contribution < 1.29 is 9.53 Å². The van der Waals surface area contributed by atoms with Crippen LogP contribution in [0.3, 0.4) is 0 Å². The van der Waals surface area contributed by atoms with E-state index in [1.165, 1.54) is 7.11 Å². The van der Waals surface area contributed by atoms with Gasteiger partial charge in [0, 0.05) is 17.4 Å². The fraction of sp³-hybridized carbons (Fsp3) is 0.0476. The third-order valence-corrected chi connectivity index (χ3v) is 4.48. The number of anilines is 1. The highest BCUT2D eigenvalue weighted by Crippen LogP contribution is 2.29. The predicted octanol–water partition coefficient (Wildman–Crippen LogP) is 4.58. The molecule has 4 aromatic rings. The molecule has 6 nitrogen and oxygen atoms in total. The van der Waals surface area contributed by atoms with E-state index in [2.05, 4.69) is 10.4 Å². The molecule has 0 aliphatic carbocycles. The molecule has 0 aliphatic rings. The highest BCUT2D eigenvalue weighted by Gasteiger charge is 2.21. The van der Waals surface area contributed by atoms with Crippen LogP contribution in [0.25, 0.3) is 11.5 Å². The maximum absolute atomic E-state index is 13.1. The number of hydrogen-bond acceptors (Lipinski definition) is 3. The first-order chi connectivity index (χ1) is 13.7. The van der Waals surface area contributed by atoms with Crippen LogP contribution >= 0.6 is 11.6 Å². The van der Waals surface area contributed by atoms with Gasteiger partial charge in [-0.1, -0.05) is 29.8 Å². The lowest BCUT2D eigenvalue weighted by Crippen LogP contribution is -2.15. The number of rotatable bonds is 5. The Kier molecular flexibility index (Phi) is 4.87. The van der Waals surface area contributed by atoms with E-state index in [1.807, 2.05) is 59.4 Å². The number of aromatic nitrogens is 3. The molecule has 0 saturated heterocycles. The van der Waals surface area contributed by atoms with Gasteiger partial charge in [-0.05, 0) is 42.5 Å². The molecule has 0 aliphatic heterocycles. The monoisotopic (exact) mass is 392 g/mol. The topological polar surface area (TPSA) is 61.1 Å². The van der Waals surface area contributed by atoms with Gasteiger partial charge >= 0.3 is 0 Å². The molecular formula is C21H17ClN4O2. The summed E-state index contributed by atoms with van der Waals surface area (Å²) >= 11 is 6.07. The van der Waals surface area contributed by atoms with E-state index < -0.39 is 0 Å². The number of benzene rings is 2. The second-order valence-electron chi connectivity index (χ2n) is 6.02. The summed E-state index contributed by atoms with van der Waals surface area (Å²) in [5.41, 5.74) is 1.76. The van der Waals surface area contributed by atoms with E-state index in [9.17, 15) is 4.79 Å². The van der Waals surface area contributed by atoms with Crippen molar-refractivity contribution in [1.82, 2.24) is 14.3 Å². The van der Waals surface area contributed by atoms with Gasteiger partial charge in [0.25, 0.3) is 5.91 Å². The first-order valence-corrected chi connectivity index (χ1v) is 8.97. The molecule has 0 atom stereocenters. The van der Waals surface area contributed by atoms with Gasteiger partial charge in [-0.2, -0.15) is 5.10 Å². The lowest BCUT2D eigenvalue weighted by Gasteiger charge is -2.13. The van der Waals surface area contributed by atoms with Gasteiger partial charge in [-0.15, -0.1) is 0 Å². The Morgan fingerprint density at radius 2 is 1.82 bits per heavy atom. The predicted molar refractivity (Wildman–Crippen MR) is 109 cm³/mol. The molecule has 7 heteroatoms. The summed E-state index contributed by atoms with van der Waals surface area (Å²) in [7, 11) is 1.54. The van der Waals surface area contributed by atoms with Crippen LogP contribution in [0.15, 0.2) is 79.3 Å². The molecule has 0 unspecified atom stereocenters. The summed E-state index contributed by atoms with van der Waals surface area (Å²) in [6.07, 6.45) is 5.29. The van der Waals surface area contributed by atoms with Crippen molar-refractivity contribution in [2.45, 2.75) is 0 Å². The Balaban J connectivity index is 1.77. The maximum Gasteiger partial charge on any atom is 0.261 e. The number of nitrogens with zero attached hydrogens (tertiary/aromatic N) is 3. The zero-order valence-corrected chi connectivity index (χ0v) is 15.8. The van der Waals surface area contributed by atoms with Crippen molar-refractivity contribution in [2.24, 2.45) is 0 Å². The molecule has 28 heavy (non-hydrogen) atoms. The van der Waals surface area contributed by atoms with Crippen LogP contribution in [0, 0.1) is 0 Å². The summed E-state index contributed by atoms with van der Waals surface area (Å²) in [5, 5.41) is 7.82. The van der Waals surface area contributed by atoms with E-state index in [-0.39, 0.29) is 5.91 Å². The van der Waals surface area contributed by atoms with Crippen LogP contribution in [0.2, 0.25) is 5.02 Å². The molecule has 0 bridgehead atoms. The van der Waals surface area contributed by atoms with Crippen molar-refractivity contribution in [2.75, 3.05) is 12.4 Å². The average Bonchev–Trinajstić information content (AvgIpc) is 3.38. The highest BCUT2D eigenvalue weighted by atomic mass is 35.5. The van der Waals surface area contributed by atoms with Gasteiger partial charge in [-0.3, -0.25) is 4.79 Å². The van der Waals surface area contributed by atoms with Gasteiger partial charge in [0.05, 0.1) is 24.7 Å².